The Kier molecular flexibility index (Phi) is 5.77. The summed E-state index contributed by atoms with van der Waals surface area (Å²) in [5, 5.41) is 12.5. The second-order valence-corrected chi connectivity index (χ2v) is 9.44. The minimum absolute atomic E-state index is 0.0466. The molecule has 1 saturated heterocycles. The number of fused-ring (bicyclic) bond motifs is 1. The molecule has 1 atom stereocenters. The Morgan fingerprint density at radius 3 is 2.47 bits per heavy atom. The minimum Gasteiger partial charge on any atom is -0.507 e. The number of aliphatic hydroxyl groups excluding tert-OH is 1. The third-order valence-corrected chi connectivity index (χ3v) is 7.01. The molecule has 1 fully saturated rings. The zero-order valence-electron chi connectivity index (χ0n) is 17.7. The standard InChI is InChI=1S/C25H16Cl2N2O4S/c1-33-17-8-5-13(6-9-17)22(30)20-21(14-3-2-4-15(26)11-14)29(24(32)23(20)31)25-28-18-10-7-16(27)12-19(18)34-25/h2-12,21,30H,1H3/b22-20+. The molecule has 1 unspecified atom stereocenters. The molecular weight excluding hydrogens is 495 g/mol. The van der Waals surface area contributed by atoms with Crippen molar-refractivity contribution in [2.45, 2.75) is 6.04 Å². The van der Waals surface area contributed by atoms with Crippen LogP contribution in [0.15, 0.2) is 72.3 Å². The first-order valence-electron chi connectivity index (χ1n) is 10.1. The second kappa shape index (κ2) is 8.76. The van der Waals surface area contributed by atoms with E-state index in [-0.39, 0.29) is 11.3 Å². The van der Waals surface area contributed by atoms with Gasteiger partial charge in [0.2, 0.25) is 0 Å². The quantitative estimate of drug-likeness (QED) is 0.199. The maximum atomic E-state index is 13.3. The van der Waals surface area contributed by atoms with Crippen LogP contribution in [-0.4, -0.2) is 28.9 Å². The summed E-state index contributed by atoms with van der Waals surface area (Å²) in [6.07, 6.45) is 0. The SMILES string of the molecule is COc1ccc(/C(O)=C2\C(=O)C(=O)N(c3nc4ccc(Cl)cc4s3)C2c2cccc(Cl)c2)cc1. The Labute approximate surface area is 208 Å². The number of halogens is 2. The van der Waals surface area contributed by atoms with Crippen LogP contribution in [-0.2, 0) is 9.59 Å². The fraction of sp³-hybridized carbons (Fsp3) is 0.0800. The van der Waals surface area contributed by atoms with Gasteiger partial charge in [-0.2, -0.15) is 0 Å². The maximum Gasteiger partial charge on any atom is 0.301 e. The van der Waals surface area contributed by atoms with Crippen LogP contribution in [0.2, 0.25) is 10.0 Å². The van der Waals surface area contributed by atoms with E-state index in [0.29, 0.717) is 37.6 Å². The lowest BCUT2D eigenvalue weighted by Gasteiger charge is -2.23. The molecule has 1 amide bonds. The monoisotopic (exact) mass is 510 g/mol. The fourth-order valence-corrected chi connectivity index (χ4v) is 5.38. The lowest BCUT2D eigenvalue weighted by Crippen LogP contribution is -2.29. The lowest BCUT2D eigenvalue weighted by atomic mass is 9.95. The van der Waals surface area contributed by atoms with E-state index < -0.39 is 17.7 Å². The third-order valence-electron chi connectivity index (χ3n) is 5.52. The van der Waals surface area contributed by atoms with Crippen molar-refractivity contribution in [2.75, 3.05) is 12.0 Å². The largest absolute Gasteiger partial charge is 0.507 e. The van der Waals surface area contributed by atoms with Crippen LogP contribution in [0.3, 0.4) is 0 Å². The second-order valence-electron chi connectivity index (χ2n) is 7.56. The maximum absolute atomic E-state index is 13.3. The van der Waals surface area contributed by atoms with Crippen molar-refractivity contribution in [3.8, 4) is 5.75 Å². The van der Waals surface area contributed by atoms with Crippen molar-refractivity contribution in [3.63, 3.8) is 0 Å². The number of rotatable bonds is 4. The van der Waals surface area contributed by atoms with E-state index in [1.54, 1.807) is 66.7 Å². The van der Waals surface area contributed by atoms with E-state index in [1.165, 1.54) is 23.3 Å². The Hall–Kier alpha value is -3.39. The third kappa shape index (κ3) is 3.81. The van der Waals surface area contributed by atoms with Crippen molar-refractivity contribution < 1.29 is 19.4 Å². The van der Waals surface area contributed by atoms with Crippen molar-refractivity contribution in [2.24, 2.45) is 0 Å². The number of nitrogens with zero attached hydrogens (tertiary/aromatic N) is 2. The molecule has 0 bridgehead atoms. The number of ether oxygens (including phenoxy) is 1. The topological polar surface area (TPSA) is 79.7 Å². The predicted molar refractivity (Wildman–Crippen MR) is 134 cm³/mol. The summed E-state index contributed by atoms with van der Waals surface area (Å²) in [6.45, 7) is 0. The number of benzene rings is 3. The molecule has 0 radical (unpaired) electrons. The van der Waals surface area contributed by atoms with E-state index in [1.807, 2.05) is 0 Å². The Balaban J connectivity index is 1.72. The zero-order chi connectivity index (χ0) is 24.0. The minimum atomic E-state index is -0.920. The summed E-state index contributed by atoms with van der Waals surface area (Å²) in [5.74, 6) is -1.30. The van der Waals surface area contributed by atoms with Crippen molar-refractivity contribution in [3.05, 3.63) is 93.5 Å². The summed E-state index contributed by atoms with van der Waals surface area (Å²) in [6, 6.07) is 17.7. The molecule has 9 heteroatoms. The normalized spacial score (nSPS) is 17.5. The van der Waals surface area contributed by atoms with Crippen LogP contribution in [0.25, 0.3) is 16.0 Å². The van der Waals surface area contributed by atoms with Crippen LogP contribution < -0.4 is 9.64 Å². The molecule has 0 spiro atoms. The van der Waals surface area contributed by atoms with Gasteiger partial charge in [-0.3, -0.25) is 14.5 Å². The van der Waals surface area contributed by atoms with Crippen LogP contribution in [0.1, 0.15) is 17.2 Å². The molecule has 2 heterocycles. The smallest absolute Gasteiger partial charge is 0.301 e. The van der Waals surface area contributed by atoms with Gasteiger partial charge in [0.25, 0.3) is 5.78 Å². The van der Waals surface area contributed by atoms with Crippen LogP contribution in [0.5, 0.6) is 5.75 Å². The number of hydrogen-bond donors (Lipinski definition) is 1. The van der Waals surface area contributed by atoms with Crippen LogP contribution in [0, 0.1) is 0 Å². The highest BCUT2D eigenvalue weighted by atomic mass is 35.5. The molecule has 0 saturated carbocycles. The van der Waals surface area contributed by atoms with Gasteiger partial charge in [0, 0.05) is 15.6 Å². The summed E-state index contributed by atoms with van der Waals surface area (Å²) >= 11 is 13.6. The summed E-state index contributed by atoms with van der Waals surface area (Å²) in [4.78, 5) is 32.4. The number of aromatic nitrogens is 1. The van der Waals surface area contributed by atoms with E-state index in [0.717, 1.165) is 4.70 Å². The average molecular weight is 511 g/mol. The first-order valence-corrected chi connectivity index (χ1v) is 11.7. The van der Waals surface area contributed by atoms with Crippen LogP contribution >= 0.6 is 34.5 Å². The molecule has 1 aliphatic heterocycles. The molecule has 1 N–H and O–H groups in total. The van der Waals surface area contributed by atoms with Gasteiger partial charge in [0.15, 0.2) is 5.13 Å². The molecule has 1 aliphatic rings. The number of thiazole rings is 1. The van der Waals surface area contributed by atoms with Crippen molar-refractivity contribution >= 4 is 67.3 Å². The zero-order valence-corrected chi connectivity index (χ0v) is 20.0. The molecule has 3 aromatic carbocycles. The van der Waals surface area contributed by atoms with E-state index >= 15 is 0 Å². The van der Waals surface area contributed by atoms with Crippen molar-refractivity contribution in [1.29, 1.82) is 0 Å². The van der Waals surface area contributed by atoms with Gasteiger partial charge in [-0.05, 0) is 60.2 Å². The number of carbonyl (C=O) groups is 2. The van der Waals surface area contributed by atoms with Gasteiger partial charge in [-0.15, -0.1) is 0 Å². The number of Topliss-reactive ketones (excluding diaryl/α,β-unsaturated/α-hetero) is 1. The summed E-state index contributed by atoms with van der Waals surface area (Å²) < 4.78 is 5.94. The Bertz CT molecular complexity index is 1480. The van der Waals surface area contributed by atoms with Gasteiger partial charge in [0.1, 0.15) is 11.5 Å². The average Bonchev–Trinajstić information content (AvgIpc) is 3.36. The molecule has 6 nitrogen and oxygen atoms in total. The van der Waals surface area contributed by atoms with Crippen molar-refractivity contribution in [1.82, 2.24) is 4.98 Å². The fourth-order valence-electron chi connectivity index (χ4n) is 3.92. The van der Waals surface area contributed by atoms with Gasteiger partial charge in [-0.1, -0.05) is 46.7 Å². The molecule has 4 aromatic rings. The molecule has 5 rings (SSSR count). The number of anilines is 1. The molecule has 170 valence electrons. The first kappa shape index (κ1) is 22.4. The summed E-state index contributed by atoms with van der Waals surface area (Å²) in [7, 11) is 1.53. The molecule has 0 aliphatic carbocycles. The molecule has 34 heavy (non-hydrogen) atoms. The number of hydrogen-bond acceptors (Lipinski definition) is 6. The highest BCUT2D eigenvalue weighted by molar-refractivity contribution is 7.22. The highest BCUT2D eigenvalue weighted by Gasteiger charge is 2.48. The van der Waals surface area contributed by atoms with Crippen LogP contribution in [0.4, 0.5) is 5.13 Å². The van der Waals surface area contributed by atoms with E-state index in [9.17, 15) is 14.7 Å². The van der Waals surface area contributed by atoms with Gasteiger partial charge in [-0.25, -0.2) is 4.98 Å². The van der Waals surface area contributed by atoms with Gasteiger partial charge < -0.3 is 9.84 Å². The van der Waals surface area contributed by atoms with E-state index in [4.69, 9.17) is 27.9 Å². The summed E-state index contributed by atoms with van der Waals surface area (Å²) in [5.41, 5.74) is 1.54. The van der Waals surface area contributed by atoms with Gasteiger partial charge >= 0.3 is 5.91 Å². The Morgan fingerprint density at radius 2 is 1.76 bits per heavy atom. The number of amides is 1. The molecule has 1 aromatic heterocycles. The predicted octanol–water partition coefficient (Wildman–Crippen LogP) is 6.24. The Morgan fingerprint density at radius 1 is 1.03 bits per heavy atom. The lowest BCUT2D eigenvalue weighted by molar-refractivity contribution is -0.132. The number of aliphatic hydroxyl groups is 1. The highest BCUT2D eigenvalue weighted by Crippen LogP contribution is 2.45. The number of methoxy groups -OCH3 is 1. The number of carbonyl (C=O) groups excluding carboxylic acids is 2. The van der Waals surface area contributed by atoms with Gasteiger partial charge in [0.05, 0.1) is 28.9 Å². The molecular formula is C25H16Cl2N2O4S. The van der Waals surface area contributed by atoms with E-state index in [2.05, 4.69) is 4.98 Å². The number of ketones is 1. The first-order chi connectivity index (χ1) is 16.4.